The van der Waals surface area contributed by atoms with Crippen molar-refractivity contribution in [2.24, 2.45) is 5.92 Å². The number of Topliss-reactive ketones (excluding diaryl/α,β-unsaturated/α-hetero) is 1. The fourth-order valence-electron chi connectivity index (χ4n) is 5.07. The molecule has 0 unspecified atom stereocenters. The second kappa shape index (κ2) is 9.36. The molecule has 1 heterocycles. The molecular formula is C26H29BrINO2. The number of benzene rings is 2. The number of halogens is 2. The third kappa shape index (κ3) is 4.25. The van der Waals surface area contributed by atoms with E-state index in [2.05, 4.69) is 75.9 Å². The Balaban J connectivity index is 0.00000112. The molecule has 1 saturated heterocycles. The molecular weight excluding hydrogens is 565 g/mol. The third-order valence-electron chi connectivity index (χ3n) is 6.84. The van der Waals surface area contributed by atoms with Crippen molar-refractivity contribution in [1.29, 1.82) is 0 Å². The lowest BCUT2D eigenvalue weighted by Crippen LogP contribution is -2.31. The second-order valence-electron chi connectivity index (χ2n) is 9.00. The average molecular weight is 594 g/mol. The monoisotopic (exact) mass is 593 g/mol. The second-order valence-corrected chi connectivity index (χ2v) is 9.91. The Hall–Kier alpha value is -1.18. The van der Waals surface area contributed by atoms with E-state index in [1.54, 1.807) is 0 Å². The van der Waals surface area contributed by atoms with Crippen molar-refractivity contribution in [3.63, 3.8) is 0 Å². The Morgan fingerprint density at radius 3 is 2.55 bits per heavy atom. The molecule has 3 aliphatic rings. The van der Waals surface area contributed by atoms with Crippen molar-refractivity contribution in [3.05, 3.63) is 68.7 Å². The van der Waals surface area contributed by atoms with Crippen LogP contribution in [0.25, 0.3) is 5.57 Å². The minimum Gasteiger partial charge on any atom is -0.493 e. The Labute approximate surface area is 207 Å². The van der Waals surface area contributed by atoms with Gasteiger partial charge < -0.3 is 10.1 Å². The van der Waals surface area contributed by atoms with E-state index in [0.29, 0.717) is 5.92 Å². The molecule has 164 valence electrons. The maximum Gasteiger partial charge on any atom is 0.193 e. The van der Waals surface area contributed by atoms with Crippen LogP contribution in [0.1, 0.15) is 53.7 Å². The number of hydrogen-bond donors (Lipinski definition) is 1. The summed E-state index contributed by atoms with van der Waals surface area (Å²) in [5.41, 5.74) is 6.19. The van der Waals surface area contributed by atoms with E-state index in [4.69, 9.17) is 4.74 Å². The molecule has 1 N–H and O–H groups in total. The lowest BCUT2D eigenvalue weighted by atomic mass is 9.68. The molecule has 0 amide bonds. The van der Waals surface area contributed by atoms with E-state index >= 15 is 0 Å². The number of carbonyl (C=O) groups is 1. The first-order valence-electron chi connectivity index (χ1n) is 10.9. The summed E-state index contributed by atoms with van der Waals surface area (Å²) >= 11 is 5.72. The number of rotatable bonds is 3. The summed E-state index contributed by atoms with van der Waals surface area (Å²) in [6.07, 6.45) is 3.17. The predicted octanol–water partition coefficient (Wildman–Crippen LogP) is 6.36. The molecule has 1 aliphatic heterocycles. The quantitative estimate of drug-likeness (QED) is 0.332. The zero-order valence-electron chi connectivity index (χ0n) is 18.4. The lowest BCUT2D eigenvalue weighted by molar-refractivity contribution is 0.105. The first-order chi connectivity index (χ1) is 14.9. The molecule has 3 nitrogen and oxygen atoms in total. The van der Waals surface area contributed by atoms with Crippen LogP contribution in [-0.4, -0.2) is 30.4 Å². The van der Waals surface area contributed by atoms with Crippen molar-refractivity contribution < 1.29 is 9.53 Å². The highest BCUT2D eigenvalue weighted by molar-refractivity contribution is 14.1. The van der Waals surface area contributed by atoms with Gasteiger partial charge in [-0.3, -0.25) is 4.79 Å². The fraction of sp³-hybridized carbons (Fsp3) is 0.423. The van der Waals surface area contributed by atoms with E-state index in [0.717, 1.165) is 58.6 Å². The highest BCUT2D eigenvalue weighted by atomic mass is 127. The molecule has 0 atom stereocenters. The van der Waals surface area contributed by atoms with Gasteiger partial charge in [-0.15, -0.1) is 0 Å². The number of allylic oxidation sites excluding steroid dienone is 2. The summed E-state index contributed by atoms with van der Waals surface area (Å²) in [5.74, 6) is 1.64. The smallest absolute Gasteiger partial charge is 0.193 e. The van der Waals surface area contributed by atoms with Gasteiger partial charge in [-0.1, -0.05) is 58.4 Å². The summed E-state index contributed by atoms with van der Waals surface area (Å²) in [5, 5.41) is 3.40. The zero-order chi connectivity index (χ0) is 22.2. The van der Waals surface area contributed by atoms with E-state index in [-0.39, 0.29) is 11.2 Å². The first kappa shape index (κ1) is 23.0. The van der Waals surface area contributed by atoms with Crippen LogP contribution in [0.2, 0.25) is 0 Å². The minimum atomic E-state index is -0.196. The zero-order valence-corrected chi connectivity index (χ0v) is 22.1. The van der Waals surface area contributed by atoms with Gasteiger partial charge in [-0.25, -0.2) is 0 Å². The summed E-state index contributed by atoms with van der Waals surface area (Å²) in [4.78, 5) is 15.4. The van der Waals surface area contributed by atoms with Gasteiger partial charge in [0.05, 0.1) is 6.61 Å². The number of hydrogen-bond acceptors (Lipinski definition) is 3. The molecule has 5 heteroatoms. The molecule has 2 aromatic rings. The molecule has 0 aromatic heterocycles. The first-order valence-corrected chi connectivity index (χ1v) is 13.8. The van der Waals surface area contributed by atoms with Crippen LogP contribution >= 0.6 is 38.5 Å². The summed E-state index contributed by atoms with van der Waals surface area (Å²) < 4.78 is 7.23. The number of carbonyl (C=O) groups excluding carboxylic acids is 1. The normalized spacial score (nSPS) is 19.2. The molecule has 31 heavy (non-hydrogen) atoms. The van der Waals surface area contributed by atoms with Gasteiger partial charge in [0.15, 0.2) is 5.78 Å². The molecule has 2 aliphatic carbocycles. The Morgan fingerprint density at radius 1 is 1.10 bits per heavy atom. The maximum atomic E-state index is 13.4. The number of nitrogens with one attached hydrogen (secondary N) is 1. The molecule has 2 aromatic carbocycles. The van der Waals surface area contributed by atoms with Gasteiger partial charge in [0.25, 0.3) is 0 Å². The summed E-state index contributed by atoms with van der Waals surface area (Å²) in [6.45, 7) is 7.39. The summed E-state index contributed by atoms with van der Waals surface area (Å²) in [7, 11) is 0. The van der Waals surface area contributed by atoms with Crippen molar-refractivity contribution in [2.45, 2.75) is 38.5 Å². The molecule has 0 bridgehead atoms. The van der Waals surface area contributed by atoms with Crippen LogP contribution in [0.5, 0.6) is 5.75 Å². The molecule has 0 saturated carbocycles. The summed E-state index contributed by atoms with van der Waals surface area (Å²) in [6, 6.07) is 12.3. The van der Waals surface area contributed by atoms with E-state index < -0.39 is 0 Å². The van der Waals surface area contributed by atoms with Gasteiger partial charge >= 0.3 is 0 Å². The average Bonchev–Trinajstić information content (AvgIpc) is 3.18. The van der Waals surface area contributed by atoms with Crippen molar-refractivity contribution >= 4 is 49.9 Å². The van der Waals surface area contributed by atoms with Crippen LogP contribution < -0.4 is 10.1 Å². The highest BCUT2D eigenvalue weighted by Crippen LogP contribution is 2.50. The molecule has 0 radical (unpaired) electrons. The van der Waals surface area contributed by atoms with Crippen molar-refractivity contribution in [3.8, 4) is 5.75 Å². The van der Waals surface area contributed by atoms with E-state index in [9.17, 15) is 4.79 Å². The predicted molar refractivity (Wildman–Crippen MR) is 140 cm³/mol. The maximum absolute atomic E-state index is 13.4. The van der Waals surface area contributed by atoms with Gasteiger partial charge in [-0.2, -0.15) is 0 Å². The number of piperidine rings is 1. The van der Waals surface area contributed by atoms with Crippen molar-refractivity contribution in [1.82, 2.24) is 5.32 Å². The number of ketones is 1. The van der Waals surface area contributed by atoms with Crippen LogP contribution in [0.15, 0.2) is 46.4 Å². The Bertz CT molecular complexity index is 1040. The third-order valence-corrected chi connectivity index (χ3v) is 7.33. The largest absolute Gasteiger partial charge is 0.493 e. The number of alkyl halides is 1. The molecule has 5 rings (SSSR count). The standard InChI is InChI=1S/C25H26BrNO2.CH3I/c1-25(2)21-13-18(29-14-15-7-9-27-10-8-15)4-6-20(21)24(28)23-19-5-3-17(26)11-16(19)12-22(23)25;1-2/h3-6,11,13,15,27H,7-10,12,14H2,1-2H3;1H3. The minimum absolute atomic E-state index is 0.153. The topological polar surface area (TPSA) is 38.3 Å². The fourth-order valence-corrected chi connectivity index (χ4v) is 5.48. The van der Waals surface area contributed by atoms with Gasteiger partial charge in [0.1, 0.15) is 5.75 Å². The number of ether oxygens (including phenoxy) is 1. The lowest BCUT2D eigenvalue weighted by Gasteiger charge is -2.34. The van der Waals surface area contributed by atoms with E-state index in [1.807, 2.05) is 23.1 Å². The van der Waals surface area contributed by atoms with Gasteiger partial charge in [-0.05, 0) is 95.8 Å². The molecule has 1 fully saturated rings. The van der Waals surface area contributed by atoms with Gasteiger partial charge in [0, 0.05) is 21.0 Å². The van der Waals surface area contributed by atoms with Crippen LogP contribution in [0.4, 0.5) is 0 Å². The Kier molecular flexibility index (Phi) is 6.94. The number of fused-ring (bicyclic) bond motifs is 3. The van der Waals surface area contributed by atoms with Crippen LogP contribution in [-0.2, 0) is 11.8 Å². The Morgan fingerprint density at radius 2 is 1.81 bits per heavy atom. The van der Waals surface area contributed by atoms with Gasteiger partial charge in [0.2, 0.25) is 0 Å². The SMILES string of the molecule is CC1(C)C2=C(C(=O)c3ccc(OCC4CCNCC4)cc31)c1ccc(Br)cc1C2.CI. The highest BCUT2D eigenvalue weighted by Gasteiger charge is 2.42. The van der Waals surface area contributed by atoms with Crippen LogP contribution in [0.3, 0.4) is 0 Å². The van der Waals surface area contributed by atoms with Crippen molar-refractivity contribution in [2.75, 3.05) is 24.6 Å². The van der Waals surface area contributed by atoms with Crippen LogP contribution in [0, 0.1) is 5.92 Å². The molecule has 0 spiro atoms. The van der Waals surface area contributed by atoms with E-state index in [1.165, 1.54) is 24.0 Å².